The summed E-state index contributed by atoms with van der Waals surface area (Å²) in [7, 11) is 0. The Morgan fingerprint density at radius 1 is 1.28 bits per heavy atom. The van der Waals surface area contributed by atoms with Gasteiger partial charge in [0.05, 0.1) is 6.54 Å². The minimum atomic E-state index is 0. The molecule has 5 nitrogen and oxygen atoms in total. The van der Waals surface area contributed by atoms with E-state index < -0.39 is 0 Å². The topological polar surface area (TPSA) is 62.5 Å². The molecular formula is C18H26BrIN4O. The number of halogens is 2. The average Bonchev–Trinajstić information content (AvgIpc) is 3.09. The first-order valence-electron chi connectivity index (χ1n) is 8.37. The van der Waals surface area contributed by atoms with Crippen molar-refractivity contribution in [1.29, 1.82) is 0 Å². The van der Waals surface area contributed by atoms with Gasteiger partial charge >= 0.3 is 0 Å². The summed E-state index contributed by atoms with van der Waals surface area (Å²) in [6.07, 6.45) is 3.73. The number of nitrogens with zero attached hydrogens (tertiary/aromatic N) is 2. The fourth-order valence-electron chi connectivity index (χ4n) is 2.42. The lowest BCUT2D eigenvalue weighted by atomic mass is 9.97. The highest BCUT2D eigenvalue weighted by Crippen LogP contribution is 2.16. The predicted octanol–water partition coefficient (Wildman–Crippen LogP) is 4.38. The van der Waals surface area contributed by atoms with Crippen molar-refractivity contribution in [3.8, 4) is 0 Å². The van der Waals surface area contributed by atoms with E-state index in [9.17, 15) is 0 Å². The standard InChI is InChI=1S/C18H25BrN4O.HI/c1-3-14(10-15-6-5-7-16(19)11-15)12-21-18(20-4-2)22-13-17-8-9-24-23-17;/h5-9,11,14H,3-4,10,12-13H2,1-2H3,(H2,20,21,22);1H. The number of hydrogen-bond acceptors (Lipinski definition) is 3. The molecule has 138 valence electrons. The maximum absolute atomic E-state index is 4.83. The van der Waals surface area contributed by atoms with Crippen LogP contribution in [0.5, 0.6) is 0 Å². The molecule has 7 heteroatoms. The van der Waals surface area contributed by atoms with Crippen LogP contribution in [0.25, 0.3) is 0 Å². The highest BCUT2D eigenvalue weighted by molar-refractivity contribution is 14.0. The fraction of sp³-hybridized carbons (Fsp3) is 0.444. The first-order chi connectivity index (χ1) is 11.7. The lowest BCUT2D eigenvalue weighted by Crippen LogP contribution is -2.40. The maximum Gasteiger partial charge on any atom is 0.191 e. The summed E-state index contributed by atoms with van der Waals surface area (Å²) in [6.45, 7) is 6.50. The second-order valence-electron chi connectivity index (χ2n) is 5.68. The van der Waals surface area contributed by atoms with E-state index in [0.29, 0.717) is 12.5 Å². The van der Waals surface area contributed by atoms with Gasteiger partial charge in [-0.15, -0.1) is 24.0 Å². The van der Waals surface area contributed by atoms with Crippen molar-refractivity contribution in [2.75, 3.05) is 13.1 Å². The monoisotopic (exact) mass is 520 g/mol. The smallest absolute Gasteiger partial charge is 0.191 e. The Kier molecular flexibility index (Phi) is 10.8. The second kappa shape index (κ2) is 12.3. The maximum atomic E-state index is 4.83. The molecule has 0 amide bonds. The quantitative estimate of drug-likeness (QED) is 0.308. The number of nitrogens with one attached hydrogen (secondary N) is 2. The summed E-state index contributed by atoms with van der Waals surface area (Å²) < 4.78 is 5.96. The van der Waals surface area contributed by atoms with Gasteiger partial charge in [-0.25, -0.2) is 4.99 Å². The van der Waals surface area contributed by atoms with Gasteiger partial charge in [0.15, 0.2) is 5.96 Å². The molecule has 1 unspecified atom stereocenters. The molecule has 0 aliphatic carbocycles. The SMILES string of the molecule is CCNC(=NCc1ccon1)NCC(CC)Cc1cccc(Br)c1.I. The van der Waals surface area contributed by atoms with Gasteiger partial charge in [-0.1, -0.05) is 46.6 Å². The van der Waals surface area contributed by atoms with E-state index in [1.165, 1.54) is 5.56 Å². The van der Waals surface area contributed by atoms with Crippen molar-refractivity contribution in [2.45, 2.75) is 33.2 Å². The van der Waals surface area contributed by atoms with Gasteiger partial charge in [-0.3, -0.25) is 0 Å². The van der Waals surface area contributed by atoms with E-state index >= 15 is 0 Å². The van der Waals surface area contributed by atoms with E-state index in [2.05, 4.69) is 74.8 Å². The molecular weight excluding hydrogens is 495 g/mol. The normalized spacial score (nSPS) is 12.4. The third kappa shape index (κ3) is 8.22. The van der Waals surface area contributed by atoms with E-state index in [1.807, 2.05) is 6.07 Å². The van der Waals surface area contributed by atoms with E-state index in [-0.39, 0.29) is 24.0 Å². The zero-order chi connectivity index (χ0) is 17.2. The van der Waals surface area contributed by atoms with Crippen molar-refractivity contribution in [1.82, 2.24) is 15.8 Å². The third-order valence-corrected chi connectivity index (χ3v) is 4.28. The molecule has 0 saturated carbocycles. The number of rotatable bonds is 8. The second-order valence-corrected chi connectivity index (χ2v) is 6.59. The van der Waals surface area contributed by atoms with Crippen LogP contribution in [0.15, 0.2) is 50.6 Å². The first kappa shape index (κ1) is 22.0. The molecule has 1 heterocycles. The van der Waals surface area contributed by atoms with Gasteiger partial charge in [0.2, 0.25) is 0 Å². The van der Waals surface area contributed by atoms with Crippen LogP contribution in [0, 0.1) is 5.92 Å². The van der Waals surface area contributed by atoms with Crippen LogP contribution in [-0.2, 0) is 13.0 Å². The highest BCUT2D eigenvalue weighted by Gasteiger charge is 2.09. The van der Waals surface area contributed by atoms with Crippen LogP contribution in [0.3, 0.4) is 0 Å². The number of aliphatic imine (C=N–C) groups is 1. The molecule has 1 aromatic carbocycles. The van der Waals surface area contributed by atoms with Gasteiger partial charge in [0, 0.05) is 23.6 Å². The van der Waals surface area contributed by atoms with Crippen LogP contribution in [0.2, 0.25) is 0 Å². The average molecular weight is 521 g/mol. The van der Waals surface area contributed by atoms with Gasteiger partial charge in [0.1, 0.15) is 12.0 Å². The van der Waals surface area contributed by atoms with Crippen LogP contribution >= 0.6 is 39.9 Å². The van der Waals surface area contributed by atoms with Crippen LogP contribution in [0.4, 0.5) is 0 Å². The van der Waals surface area contributed by atoms with Crippen LogP contribution in [0.1, 0.15) is 31.5 Å². The third-order valence-electron chi connectivity index (χ3n) is 3.78. The summed E-state index contributed by atoms with van der Waals surface area (Å²) in [4.78, 5) is 4.55. The lowest BCUT2D eigenvalue weighted by molar-refractivity contribution is 0.412. The summed E-state index contributed by atoms with van der Waals surface area (Å²) in [6, 6.07) is 10.3. The summed E-state index contributed by atoms with van der Waals surface area (Å²) in [5, 5.41) is 10.6. The van der Waals surface area contributed by atoms with Crippen molar-refractivity contribution in [2.24, 2.45) is 10.9 Å². The molecule has 0 saturated heterocycles. The zero-order valence-corrected chi connectivity index (χ0v) is 18.6. The lowest BCUT2D eigenvalue weighted by Gasteiger charge is -2.18. The minimum absolute atomic E-state index is 0. The predicted molar refractivity (Wildman–Crippen MR) is 116 cm³/mol. The van der Waals surface area contributed by atoms with Gasteiger partial charge < -0.3 is 15.2 Å². The summed E-state index contributed by atoms with van der Waals surface area (Å²) >= 11 is 3.54. The molecule has 1 aromatic heterocycles. The van der Waals surface area contributed by atoms with Crippen molar-refractivity contribution < 1.29 is 4.52 Å². The van der Waals surface area contributed by atoms with Gasteiger partial charge in [-0.05, 0) is 37.0 Å². The molecule has 0 spiro atoms. The number of guanidine groups is 1. The molecule has 0 radical (unpaired) electrons. The van der Waals surface area contributed by atoms with E-state index in [0.717, 1.165) is 42.1 Å². The van der Waals surface area contributed by atoms with Crippen molar-refractivity contribution in [3.05, 3.63) is 52.3 Å². The molecule has 25 heavy (non-hydrogen) atoms. The molecule has 0 aliphatic heterocycles. The Morgan fingerprint density at radius 3 is 2.76 bits per heavy atom. The highest BCUT2D eigenvalue weighted by atomic mass is 127. The molecule has 2 N–H and O–H groups in total. The Morgan fingerprint density at radius 2 is 2.12 bits per heavy atom. The van der Waals surface area contributed by atoms with Crippen LogP contribution in [-0.4, -0.2) is 24.2 Å². The summed E-state index contributed by atoms with van der Waals surface area (Å²) in [5.74, 6) is 1.36. The molecule has 0 aliphatic rings. The Balaban J connectivity index is 0.00000312. The van der Waals surface area contributed by atoms with Crippen LogP contribution < -0.4 is 10.6 Å². The first-order valence-corrected chi connectivity index (χ1v) is 9.16. The Bertz CT molecular complexity index is 634. The van der Waals surface area contributed by atoms with E-state index in [4.69, 9.17) is 4.52 Å². The van der Waals surface area contributed by atoms with Gasteiger partial charge in [0.25, 0.3) is 0 Å². The Hall–Kier alpha value is -1.09. The van der Waals surface area contributed by atoms with Crippen molar-refractivity contribution in [3.63, 3.8) is 0 Å². The van der Waals surface area contributed by atoms with E-state index in [1.54, 1.807) is 6.26 Å². The zero-order valence-electron chi connectivity index (χ0n) is 14.7. The molecule has 2 aromatic rings. The molecule has 0 bridgehead atoms. The fourth-order valence-corrected chi connectivity index (χ4v) is 2.87. The molecule has 2 rings (SSSR count). The minimum Gasteiger partial charge on any atom is -0.364 e. The number of benzene rings is 1. The number of aromatic nitrogens is 1. The summed E-state index contributed by atoms with van der Waals surface area (Å²) in [5.41, 5.74) is 2.18. The largest absolute Gasteiger partial charge is 0.364 e. The van der Waals surface area contributed by atoms with Crippen molar-refractivity contribution >= 4 is 45.9 Å². The Labute approximate surface area is 175 Å². The molecule has 1 atom stereocenters. The molecule has 0 fully saturated rings. The van der Waals surface area contributed by atoms with Gasteiger partial charge in [-0.2, -0.15) is 0 Å². The number of hydrogen-bond donors (Lipinski definition) is 2.